The van der Waals surface area contributed by atoms with Crippen LogP contribution in [0.2, 0.25) is 0 Å². The molecule has 0 atom stereocenters. The Kier molecular flexibility index (Phi) is 9.84. The first-order chi connectivity index (χ1) is 20.9. The van der Waals surface area contributed by atoms with Crippen molar-refractivity contribution in [3.8, 4) is 0 Å². The van der Waals surface area contributed by atoms with Crippen LogP contribution in [0.4, 0.5) is 0 Å². The van der Waals surface area contributed by atoms with Crippen LogP contribution in [-0.4, -0.2) is 23.0 Å². The highest BCUT2D eigenvalue weighted by Gasteiger charge is 2.35. The monoisotopic (exact) mass is 567 g/mol. The zero-order valence-corrected chi connectivity index (χ0v) is 25.6. The third kappa shape index (κ3) is 7.29. The normalized spacial score (nSPS) is 15.1. The quantitative estimate of drug-likeness (QED) is 0.131. The number of fused-ring (bicyclic) bond motifs is 1. The lowest BCUT2D eigenvalue weighted by atomic mass is 9.97. The van der Waals surface area contributed by atoms with Gasteiger partial charge < -0.3 is 4.90 Å². The molecule has 5 rings (SSSR count). The molecule has 0 N–H and O–H groups in total. The molecule has 1 aliphatic heterocycles. The molecule has 0 amide bonds. The third-order valence-electron chi connectivity index (χ3n) is 8.17. The van der Waals surface area contributed by atoms with Crippen molar-refractivity contribution in [1.29, 1.82) is 0 Å². The molecule has 2 aliphatic rings. The summed E-state index contributed by atoms with van der Waals surface area (Å²) in [5, 5.41) is 0. The fourth-order valence-corrected chi connectivity index (χ4v) is 5.63. The van der Waals surface area contributed by atoms with Crippen LogP contribution in [0.25, 0.3) is 12.2 Å². The lowest BCUT2D eigenvalue weighted by Crippen LogP contribution is -2.25. The van der Waals surface area contributed by atoms with E-state index in [-0.39, 0.29) is 17.1 Å². The zero-order chi connectivity index (χ0) is 30.2. The third-order valence-corrected chi connectivity index (χ3v) is 8.17. The number of hydrogen-bond acceptors (Lipinski definition) is 3. The standard InChI is InChI=1S/C40H41NO2/c1-4-5-6-7-8-11-26-41-34(24-22-31-18-14-29(2)15-19-31)27-33(28-35(41)25-23-32-20-16-30(3)17-21-32)38-39(42)36-12-9-10-13-37(36)40(38)43/h9-10,12-25,27-28H,4-8,11,26H2,1-3H3/b24-22+,25-23+. The molecule has 0 spiro atoms. The Morgan fingerprint density at radius 2 is 1.05 bits per heavy atom. The first-order valence-corrected chi connectivity index (χ1v) is 15.6. The van der Waals surface area contributed by atoms with Crippen LogP contribution < -0.4 is 0 Å². The van der Waals surface area contributed by atoms with Crippen LogP contribution in [0.15, 0.2) is 120 Å². The molecule has 3 heteroatoms. The molecular formula is C40H41NO2. The summed E-state index contributed by atoms with van der Waals surface area (Å²) >= 11 is 0. The van der Waals surface area contributed by atoms with E-state index in [1.807, 2.05) is 24.3 Å². The van der Waals surface area contributed by atoms with Crippen molar-refractivity contribution >= 4 is 23.7 Å². The fraction of sp³-hybridized carbons (Fsp3) is 0.250. The fourth-order valence-electron chi connectivity index (χ4n) is 5.63. The predicted molar refractivity (Wildman–Crippen MR) is 179 cm³/mol. The molecule has 1 heterocycles. The average molecular weight is 568 g/mol. The number of benzene rings is 3. The van der Waals surface area contributed by atoms with Gasteiger partial charge in [-0.15, -0.1) is 0 Å². The van der Waals surface area contributed by atoms with Crippen LogP contribution in [0, 0.1) is 13.8 Å². The minimum absolute atomic E-state index is 0.198. The summed E-state index contributed by atoms with van der Waals surface area (Å²) in [5.41, 5.74) is 8.47. The zero-order valence-electron chi connectivity index (χ0n) is 25.6. The molecule has 218 valence electrons. The summed E-state index contributed by atoms with van der Waals surface area (Å²) in [6, 6.07) is 24.0. The van der Waals surface area contributed by atoms with E-state index in [1.54, 1.807) is 12.1 Å². The van der Waals surface area contributed by atoms with E-state index in [9.17, 15) is 9.59 Å². The number of unbranched alkanes of at least 4 members (excludes halogenated alkanes) is 5. The lowest BCUT2D eigenvalue weighted by molar-refractivity contribution is 0.0988. The number of ketones is 2. The molecule has 0 aromatic heterocycles. The molecule has 43 heavy (non-hydrogen) atoms. The van der Waals surface area contributed by atoms with Gasteiger partial charge in [-0.3, -0.25) is 9.59 Å². The van der Waals surface area contributed by atoms with Gasteiger partial charge in [0.05, 0.1) is 5.57 Å². The maximum absolute atomic E-state index is 13.5. The Balaban J connectivity index is 1.56. The van der Waals surface area contributed by atoms with Gasteiger partial charge in [0.1, 0.15) is 0 Å². The van der Waals surface area contributed by atoms with E-state index in [4.69, 9.17) is 0 Å². The number of allylic oxidation sites excluding steroid dienone is 6. The van der Waals surface area contributed by atoms with Crippen molar-refractivity contribution in [3.63, 3.8) is 0 Å². The summed E-state index contributed by atoms with van der Waals surface area (Å²) in [6.45, 7) is 7.27. The van der Waals surface area contributed by atoms with Gasteiger partial charge in [0, 0.05) is 29.1 Å². The second-order valence-corrected chi connectivity index (χ2v) is 11.6. The number of Topliss-reactive ketones (excluding diaryl/α,β-unsaturated/α-hetero) is 2. The molecule has 3 nitrogen and oxygen atoms in total. The van der Waals surface area contributed by atoms with Gasteiger partial charge in [0.15, 0.2) is 11.6 Å². The van der Waals surface area contributed by atoms with E-state index in [1.165, 1.54) is 43.2 Å². The van der Waals surface area contributed by atoms with Gasteiger partial charge in [-0.05, 0) is 61.3 Å². The van der Waals surface area contributed by atoms with Gasteiger partial charge in [-0.25, -0.2) is 0 Å². The summed E-state index contributed by atoms with van der Waals surface area (Å²) in [6.07, 6.45) is 19.7. The summed E-state index contributed by atoms with van der Waals surface area (Å²) in [7, 11) is 0. The Bertz CT molecular complexity index is 1520. The molecule has 0 unspecified atom stereocenters. The molecule has 0 bridgehead atoms. The number of aryl methyl sites for hydroxylation is 2. The van der Waals surface area contributed by atoms with Gasteiger partial charge in [-0.1, -0.05) is 135 Å². The maximum atomic E-state index is 13.5. The van der Waals surface area contributed by atoms with Gasteiger partial charge in [0.2, 0.25) is 0 Å². The molecule has 1 aliphatic carbocycles. The Morgan fingerprint density at radius 3 is 1.53 bits per heavy atom. The number of rotatable bonds is 11. The molecular weight excluding hydrogens is 526 g/mol. The van der Waals surface area contributed by atoms with Crippen LogP contribution >= 0.6 is 0 Å². The van der Waals surface area contributed by atoms with Crippen molar-refractivity contribution < 1.29 is 9.59 Å². The highest BCUT2D eigenvalue weighted by atomic mass is 16.2. The van der Waals surface area contributed by atoms with Crippen molar-refractivity contribution in [2.45, 2.75) is 59.3 Å². The molecule has 0 fully saturated rings. The predicted octanol–water partition coefficient (Wildman–Crippen LogP) is 9.85. The van der Waals surface area contributed by atoms with Crippen LogP contribution in [0.5, 0.6) is 0 Å². The van der Waals surface area contributed by atoms with Gasteiger partial charge >= 0.3 is 0 Å². The molecule has 0 saturated carbocycles. The van der Waals surface area contributed by atoms with Crippen LogP contribution in [0.1, 0.15) is 88.4 Å². The Hall–Kier alpha value is -4.50. The van der Waals surface area contributed by atoms with Crippen LogP contribution in [0.3, 0.4) is 0 Å². The molecule has 3 aromatic carbocycles. The number of carbonyl (C=O) groups is 2. The summed E-state index contributed by atoms with van der Waals surface area (Å²) < 4.78 is 0. The van der Waals surface area contributed by atoms with E-state index in [0.29, 0.717) is 16.7 Å². The number of carbonyl (C=O) groups excluding carboxylic acids is 2. The van der Waals surface area contributed by atoms with Crippen molar-refractivity contribution in [2.75, 3.05) is 6.54 Å². The number of nitrogens with zero attached hydrogens (tertiary/aromatic N) is 1. The van der Waals surface area contributed by atoms with E-state index >= 15 is 0 Å². The summed E-state index contributed by atoms with van der Waals surface area (Å²) in [5.74, 6) is -0.396. The van der Waals surface area contributed by atoms with Crippen molar-refractivity contribution in [1.82, 2.24) is 4.90 Å². The maximum Gasteiger partial charge on any atom is 0.198 e. The SMILES string of the molecule is CCCCCCCCN1C(/C=C/c2ccc(C)cc2)=CC(=C2C(=O)c3ccccc3C2=O)C=C1/C=C/c1ccc(C)cc1. The highest BCUT2D eigenvalue weighted by molar-refractivity contribution is 6.40. The van der Waals surface area contributed by atoms with Crippen molar-refractivity contribution in [3.05, 3.63) is 153 Å². The first kappa shape index (κ1) is 30.0. The second kappa shape index (κ2) is 14.1. The van der Waals surface area contributed by atoms with E-state index in [2.05, 4.69) is 98.5 Å². The van der Waals surface area contributed by atoms with Gasteiger partial charge in [-0.2, -0.15) is 0 Å². The van der Waals surface area contributed by atoms with Crippen molar-refractivity contribution in [2.24, 2.45) is 0 Å². The Morgan fingerprint density at radius 1 is 0.581 bits per heavy atom. The molecule has 0 saturated heterocycles. The largest absolute Gasteiger partial charge is 0.341 e. The number of hydrogen-bond donors (Lipinski definition) is 0. The second-order valence-electron chi connectivity index (χ2n) is 11.6. The lowest BCUT2D eigenvalue weighted by Gasteiger charge is -2.31. The minimum atomic E-state index is -0.198. The van der Waals surface area contributed by atoms with E-state index < -0.39 is 0 Å². The Labute approximate surface area is 256 Å². The average Bonchev–Trinajstić information content (AvgIpc) is 3.28. The smallest absolute Gasteiger partial charge is 0.198 e. The van der Waals surface area contributed by atoms with E-state index in [0.717, 1.165) is 35.5 Å². The molecule has 0 radical (unpaired) electrons. The summed E-state index contributed by atoms with van der Waals surface area (Å²) in [4.78, 5) is 29.4. The molecule has 3 aromatic rings. The van der Waals surface area contributed by atoms with Gasteiger partial charge in [0.25, 0.3) is 0 Å². The highest BCUT2D eigenvalue weighted by Crippen LogP contribution is 2.34. The first-order valence-electron chi connectivity index (χ1n) is 15.6. The minimum Gasteiger partial charge on any atom is -0.341 e. The van der Waals surface area contributed by atoms with Crippen LogP contribution in [-0.2, 0) is 0 Å². The topological polar surface area (TPSA) is 37.4 Å².